The fourth-order valence-electron chi connectivity index (χ4n) is 3.11. The number of fused-ring (bicyclic) bond motifs is 1. The lowest BCUT2D eigenvalue weighted by Crippen LogP contribution is -2.25. The van der Waals surface area contributed by atoms with Crippen LogP contribution in [0.1, 0.15) is 12.8 Å². The molecule has 1 aliphatic carbocycles. The van der Waals surface area contributed by atoms with Crippen molar-refractivity contribution in [1.29, 1.82) is 5.26 Å². The first kappa shape index (κ1) is 17.4. The maximum absolute atomic E-state index is 12.6. The lowest BCUT2D eigenvalue weighted by molar-refractivity contribution is -0.117. The van der Waals surface area contributed by atoms with Crippen LogP contribution in [0.15, 0.2) is 23.0 Å². The molecule has 0 spiro atoms. The van der Waals surface area contributed by atoms with Gasteiger partial charge in [0.1, 0.15) is 18.0 Å². The first-order valence-corrected chi connectivity index (χ1v) is 9.45. The minimum absolute atomic E-state index is 0.132. The van der Waals surface area contributed by atoms with Gasteiger partial charge in [-0.2, -0.15) is 5.26 Å². The van der Waals surface area contributed by atoms with Crippen molar-refractivity contribution in [3.05, 3.63) is 28.6 Å². The van der Waals surface area contributed by atoms with Crippen molar-refractivity contribution >= 4 is 39.4 Å². The fraction of sp³-hybridized carbons (Fsp3) is 0.353. The number of carbonyl (C=O) groups is 1. The predicted molar refractivity (Wildman–Crippen MR) is 100 cm³/mol. The van der Waals surface area contributed by atoms with E-state index in [9.17, 15) is 24.2 Å². The molecule has 27 heavy (non-hydrogen) atoms. The number of rotatable bonds is 4. The highest BCUT2D eigenvalue weighted by atomic mass is 32.2. The number of pyridine rings is 1. The van der Waals surface area contributed by atoms with Crippen LogP contribution in [0.3, 0.4) is 0 Å². The average molecular weight is 387 g/mol. The fourth-order valence-corrected chi connectivity index (χ4v) is 4.04. The van der Waals surface area contributed by atoms with E-state index in [-0.39, 0.29) is 23.5 Å². The molecule has 1 unspecified atom stereocenters. The smallest absolute Gasteiger partial charge is 0.274 e. The third-order valence-electron chi connectivity index (χ3n) is 4.99. The van der Waals surface area contributed by atoms with Crippen LogP contribution >= 0.6 is 0 Å². The van der Waals surface area contributed by atoms with Crippen molar-refractivity contribution in [2.45, 2.75) is 12.8 Å². The molecule has 1 saturated carbocycles. The zero-order chi connectivity index (χ0) is 19.3. The van der Waals surface area contributed by atoms with Gasteiger partial charge in [-0.05, 0) is 25.0 Å². The van der Waals surface area contributed by atoms with Crippen molar-refractivity contribution < 1.29 is 14.1 Å². The molecule has 0 bridgehead atoms. The van der Waals surface area contributed by atoms with Gasteiger partial charge in [0, 0.05) is 25.0 Å². The van der Waals surface area contributed by atoms with Crippen LogP contribution in [-0.4, -0.2) is 32.9 Å². The molecule has 10 heteroatoms. The summed E-state index contributed by atoms with van der Waals surface area (Å²) >= 11 is -1.76. The molecule has 4 rings (SSSR count). The van der Waals surface area contributed by atoms with Crippen LogP contribution in [0, 0.1) is 16.7 Å². The number of aromatic hydroxyl groups is 1. The summed E-state index contributed by atoms with van der Waals surface area (Å²) < 4.78 is 16.9. The number of phenolic OH excluding ortho intramolecular Hbond substituents is 1. The Labute approximate surface area is 156 Å². The average Bonchev–Trinajstić information content (AvgIpc) is 3.35. The molecule has 2 aromatic rings. The molecule has 1 amide bonds. The van der Waals surface area contributed by atoms with E-state index in [1.165, 1.54) is 14.9 Å². The standard InChI is InChI=1S/C17H17N5O4S/c1-21-12-6-14(23)13(22-7-15(24)20-27(22)26)5-10(12)4-11(16(21)25)19-9-17(8-18)2-3-17/h4-6,19,23H,2-3,7,9H2,1H3,(H,20,24). The number of hydrogen-bond acceptors (Lipinski definition) is 6. The van der Waals surface area contributed by atoms with Crippen molar-refractivity contribution in [3.8, 4) is 11.8 Å². The van der Waals surface area contributed by atoms with Crippen molar-refractivity contribution in [2.24, 2.45) is 12.5 Å². The quantitative estimate of drug-likeness (QED) is 0.700. The largest absolute Gasteiger partial charge is 0.506 e. The SMILES string of the molecule is Cn1c(=O)c(NCC2(C#N)CC2)cc2cc(N3CC(=O)NS3=O)c(O)cc21. The number of anilines is 2. The number of nitrogens with zero attached hydrogens (tertiary/aromatic N) is 3. The molecule has 1 aromatic heterocycles. The molecular formula is C17H17N5O4S. The molecule has 1 aliphatic heterocycles. The number of hydrogen-bond donors (Lipinski definition) is 3. The lowest BCUT2D eigenvalue weighted by atomic mass is 10.1. The Hall–Kier alpha value is -3.06. The van der Waals surface area contributed by atoms with Crippen LogP contribution in [0.5, 0.6) is 5.75 Å². The molecule has 0 radical (unpaired) electrons. The van der Waals surface area contributed by atoms with Gasteiger partial charge in [0.15, 0.2) is 0 Å². The topological polar surface area (TPSA) is 127 Å². The normalized spacial score (nSPS) is 20.4. The Bertz CT molecular complexity index is 1100. The molecule has 3 N–H and O–H groups in total. The Balaban J connectivity index is 1.76. The van der Waals surface area contributed by atoms with Gasteiger partial charge in [-0.3, -0.25) is 18.6 Å². The van der Waals surface area contributed by atoms with Gasteiger partial charge in [0.2, 0.25) is 11.2 Å². The summed E-state index contributed by atoms with van der Waals surface area (Å²) in [5.74, 6) is -0.577. The molecule has 1 atom stereocenters. The van der Waals surface area contributed by atoms with Gasteiger partial charge < -0.3 is 15.0 Å². The van der Waals surface area contributed by atoms with Gasteiger partial charge in [-0.25, -0.2) is 4.21 Å². The molecule has 2 fully saturated rings. The molecule has 2 heterocycles. The third kappa shape index (κ3) is 2.90. The van der Waals surface area contributed by atoms with Crippen molar-refractivity contribution in [3.63, 3.8) is 0 Å². The Kier molecular flexibility index (Phi) is 3.85. The van der Waals surface area contributed by atoms with E-state index in [4.69, 9.17) is 0 Å². The van der Waals surface area contributed by atoms with Crippen LogP contribution in [0.2, 0.25) is 0 Å². The van der Waals surface area contributed by atoms with Crippen LogP contribution in [-0.2, 0) is 23.0 Å². The van der Waals surface area contributed by atoms with Gasteiger partial charge in [0.05, 0.1) is 22.7 Å². The first-order valence-electron chi connectivity index (χ1n) is 8.34. The Morgan fingerprint density at radius 3 is 2.70 bits per heavy atom. The summed E-state index contributed by atoms with van der Waals surface area (Å²) in [5, 5.41) is 23.2. The lowest BCUT2D eigenvalue weighted by Gasteiger charge is -2.18. The summed E-state index contributed by atoms with van der Waals surface area (Å²) in [6.45, 7) is 0.261. The second-order valence-corrected chi connectivity index (χ2v) is 8.02. The van der Waals surface area contributed by atoms with E-state index in [1.807, 2.05) is 0 Å². The number of nitrogens with one attached hydrogen (secondary N) is 2. The van der Waals surface area contributed by atoms with Crippen molar-refractivity contribution in [2.75, 3.05) is 22.7 Å². The van der Waals surface area contributed by atoms with E-state index in [1.54, 1.807) is 19.2 Å². The van der Waals surface area contributed by atoms with Crippen LogP contribution < -0.4 is 19.9 Å². The number of amides is 1. The van der Waals surface area contributed by atoms with Gasteiger partial charge in [0.25, 0.3) is 11.5 Å². The zero-order valence-corrected chi connectivity index (χ0v) is 15.3. The Morgan fingerprint density at radius 2 is 2.11 bits per heavy atom. The minimum atomic E-state index is -1.76. The first-order chi connectivity index (χ1) is 12.8. The van der Waals surface area contributed by atoms with Crippen molar-refractivity contribution in [1.82, 2.24) is 9.29 Å². The van der Waals surface area contributed by atoms with E-state index < -0.39 is 22.5 Å². The number of aryl methyl sites for hydroxylation is 1. The number of benzene rings is 1. The Morgan fingerprint density at radius 1 is 1.37 bits per heavy atom. The number of phenols is 1. The maximum Gasteiger partial charge on any atom is 0.274 e. The molecule has 9 nitrogen and oxygen atoms in total. The van der Waals surface area contributed by atoms with E-state index >= 15 is 0 Å². The van der Waals surface area contributed by atoms with Gasteiger partial charge >= 0.3 is 0 Å². The summed E-state index contributed by atoms with van der Waals surface area (Å²) in [4.78, 5) is 24.0. The number of carbonyl (C=O) groups excluding carboxylic acids is 1. The highest BCUT2D eigenvalue weighted by Gasteiger charge is 2.43. The van der Waals surface area contributed by atoms with Gasteiger partial charge in [-0.15, -0.1) is 0 Å². The molecule has 140 valence electrons. The molecule has 2 aliphatic rings. The third-order valence-corrected chi connectivity index (χ3v) is 6.11. The summed E-state index contributed by atoms with van der Waals surface area (Å²) in [5.41, 5.74) is 0.403. The van der Waals surface area contributed by atoms with Crippen LogP contribution in [0.4, 0.5) is 11.4 Å². The van der Waals surface area contributed by atoms with Gasteiger partial charge in [-0.1, -0.05) is 0 Å². The predicted octanol–water partition coefficient (Wildman–Crippen LogP) is 0.475. The van der Waals surface area contributed by atoms with Crippen LogP contribution in [0.25, 0.3) is 10.9 Å². The zero-order valence-electron chi connectivity index (χ0n) is 14.5. The number of aromatic nitrogens is 1. The highest BCUT2D eigenvalue weighted by molar-refractivity contribution is 7.85. The van der Waals surface area contributed by atoms with E-state index in [2.05, 4.69) is 16.1 Å². The van der Waals surface area contributed by atoms with E-state index in [0.717, 1.165) is 12.8 Å². The molecule has 1 saturated heterocycles. The molecule has 1 aromatic carbocycles. The maximum atomic E-state index is 12.6. The number of nitriles is 1. The minimum Gasteiger partial charge on any atom is -0.506 e. The second-order valence-electron chi connectivity index (χ2n) is 6.88. The summed E-state index contributed by atoms with van der Waals surface area (Å²) in [6.07, 6.45) is 1.62. The monoisotopic (exact) mass is 387 g/mol. The highest BCUT2D eigenvalue weighted by Crippen LogP contribution is 2.44. The molecular weight excluding hydrogens is 370 g/mol. The summed E-state index contributed by atoms with van der Waals surface area (Å²) in [7, 11) is 1.59. The second kappa shape index (κ2) is 5.99. The summed E-state index contributed by atoms with van der Waals surface area (Å²) in [6, 6.07) is 6.91. The van der Waals surface area contributed by atoms with E-state index in [0.29, 0.717) is 23.1 Å².